The lowest BCUT2D eigenvalue weighted by atomic mass is 10.1. The number of ether oxygens (including phenoxy) is 1. The predicted octanol–water partition coefficient (Wildman–Crippen LogP) is 4.58. The van der Waals surface area contributed by atoms with E-state index < -0.39 is 0 Å². The second-order valence-electron chi connectivity index (χ2n) is 6.49. The maximum absolute atomic E-state index is 12.4. The SMILES string of the molecule is CCOCCC(=O)N(C)Cc1cn(-c2ccccc2)nc1-c1ccc(Cl)cc1. The van der Waals surface area contributed by atoms with Gasteiger partial charge in [-0.3, -0.25) is 4.79 Å². The van der Waals surface area contributed by atoms with Crippen LogP contribution in [0, 0.1) is 0 Å². The number of hydrogen-bond acceptors (Lipinski definition) is 3. The molecule has 6 heteroatoms. The molecule has 28 heavy (non-hydrogen) atoms. The van der Waals surface area contributed by atoms with Crippen LogP contribution in [0.15, 0.2) is 60.8 Å². The molecule has 2 aromatic carbocycles. The molecule has 0 atom stereocenters. The van der Waals surface area contributed by atoms with Crippen LogP contribution >= 0.6 is 11.6 Å². The molecule has 1 amide bonds. The Kier molecular flexibility index (Phi) is 6.85. The third-order valence-electron chi connectivity index (χ3n) is 4.43. The van der Waals surface area contributed by atoms with Crippen LogP contribution < -0.4 is 0 Å². The number of carbonyl (C=O) groups is 1. The Morgan fingerprint density at radius 1 is 1.14 bits per heavy atom. The summed E-state index contributed by atoms with van der Waals surface area (Å²) >= 11 is 6.04. The molecular formula is C22H24ClN3O2. The van der Waals surface area contributed by atoms with Crippen molar-refractivity contribution < 1.29 is 9.53 Å². The Morgan fingerprint density at radius 2 is 1.86 bits per heavy atom. The number of amides is 1. The minimum atomic E-state index is 0.0444. The standard InChI is InChI=1S/C22H24ClN3O2/c1-3-28-14-13-21(27)25(2)15-18-16-26(20-7-5-4-6-8-20)24-22(18)17-9-11-19(23)12-10-17/h4-12,16H,3,13-15H2,1-2H3. The molecule has 0 aliphatic carbocycles. The van der Waals surface area contributed by atoms with Crippen LogP contribution in [0.3, 0.4) is 0 Å². The zero-order valence-corrected chi connectivity index (χ0v) is 16.9. The number of para-hydroxylation sites is 1. The van der Waals surface area contributed by atoms with Crippen molar-refractivity contribution in [1.82, 2.24) is 14.7 Å². The molecule has 0 bridgehead atoms. The van der Waals surface area contributed by atoms with Gasteiger partial charge in [0, 0.05) is 42.5 Å². The highest BCUT2D eigenvalue weighted by Crippen LogP contribution is 2.26. The van der Waals surface area contributed by atoms with Crippen molar-refractivity contribution in [2.24, 2.45) is 0 Å². The van der Waals surface area contributed by atoms with Gasteiger partial charge in [0.05, 0.1) is 24.4 Å². The van der Waals surface area contributed by atoms with Crippen molar-refractivity contribution in [3.8, 4) is 16.9 Å². The molecule has 5 nitrogen and oxygen atoms in total. The Morgan fingerprint density at radius 3 is 2.54 bits per heavy atom. The average molecular weight is 398 g/mol. The van der Waals surface area contributed by atoms with E-state index in [0.29, 0.717) is 31.2 Å². The van der Waals surface area contributed by atoms with Gasteiger partial charge in [0.2, 0.25) is 5.91 Å². The highest BCUT2D eigenvalue weighted by molar-refractivity contribution is 6.30. The number of carbonyl (C=O) groups excluding carboxylic acids is 1. The molecule has 3 aromatic rings. The third-order valence-corrected chi connectivity index (χ3v) is 4.68. The van der Waals surface area contributed by atoms with Crippen molar-refractivity contribution in [2.45, 2.75) is 19.9 Å². The van der Waals surface area contributed by atoms with Crippen LogP contribution in [0.2, 0.25) is 5.02 Å². The number of hydrogen-bond donors (Lipinski definition) is 0. The summed E-state index contributed by atoms with van der Waals surface area (Å²) in [5, 5.41) is 5.46. The first kappa shape index (κ1) is 20.1. The van der Waals surface area contributed by atoms with Gasteiger partial charge in [-0.15, -0.1) is 0 Å². The van der Waals surface area contributed by atoms with Crippen LogP contribution in [0.1, 0.15) is 18.9 Å². The van der Waals surface area contributed by atoms with E-state index in [1.165, 1.54) is 0 Å². The Bertz CT molecular complexity index is 907. The fraction of sp³-hybridized carbons (Fsp3) is 0.273. The molecule has 0 radical (unpaired) electrons. The van der Waals surface area contributed by atoms with Crippen LogP contribution in [-0.2, 0) is 16.1 Å². The molecule has 146 valence electrons. The van der Waals surface area contributed by atoms with Gasteiger partial charge in [0.1, 0.15) is 0 Å². The van der Waals surface area contributed by atoms with Gasteiger partial charge in [-0.05, 0) is 31.2 Å². The highest BCUT2D eigenvalue weighted by atomic mass is 35.5. The van der Waals surface area contributed by atoms with Crippen LogP contribution in [0.25, 0.3) is 16.9 Å². The first-order valence-electron chi connectivity index (χ1n) is 9.30. The molecule has 0 unspecified atom stereocenters. The van der Waals surface area contributed by atoms with Crippen molar-refractivity contribution >= 4 is 17.5 Å². The topological polar surface area (TPSA) is 47.4 Å². The van der Waals surface area contributed by atoms with Crippen molar-refractivity contribution in [2.75, 3.05) is 20.3 Å². The van der Waals surface area contributed by atoms with Gasteiger partial charge in [0.25, 0.3) is 0 Å². The van der Waals surface area contributed by atoms with E-state index in [1.54, 1.807) is 11.9 Å². The minimum absolute atomic E-state index is 0.0444. The van der Waals surface area contributed by atoms with Gasteiger partial charge in [0.15, 0.2) is 0 Å². The molecule has 0 saturated carbocycles. The summed E-state index contributed by atoms with van der Waals surface area (Å²) in [6, 6.07) is 17.5. The van der Waals surface area contributed by atoms with Crippen LogP contribution in [0.5, 0.6) is 0 Å². The summed E-state index contributed by atoms with van der Waals surface area (Å²) < 4.78 is 7.14. The van der Waals surface area contributed by atoms with E-state index in [0.717, 1.165) is 22.5 Å². The van der Waals surface area contributed by atoms with Crippen molar-refractivity contribution in [3.05, 3.63) is 71.4 Å². The first-order valence-corrected chi connectivity index (χ1v) is 9.68. The first-order chi connectivity index (χ1) is 13.6. The number of nitrogens with zero attached hydrogens (tertiary/aromatic N) is 3. The van der Waals surface area contributed by atoms with Gasteiger partial charge in [-0.2, -0.15) is 5.10 Å². The Labute approximate surface area is 170 Å². The largest absolute Gasteiger partial charge is 0.381 e. The quantitative estimate of drug-likeness (QED) is 0.523. The van der Waals surface area contributed by atoms with Gasteiger partial charge >= 0.3 is 0 Å². The maximum Gasteiger partial charge on any atom is 0.224 e. The van der Waals surface area contributed by atoms with Crippen molar-refractivity contribution in [1.29, 1.82) is 0 Å². The highest BCUT2D eigenvalue weighted by Gasteiger charge is 2.16. The molecule has 3 rings (SSSR count). The zero-order valence-electron chi connectivity index (χ0n) is 16.1. The molecule has 0 N–H and O–H groups in total. The molecule has 0 spiro atoms. The molecule has 0 aliphatic heterocycles. The normalized spacial score (nSPS) is 10.8. The van der Waals surface area contributed by atoms with E-state index in [-0.39, 0.29) is 5.91 Å². The molecule has 0 saturated heterocycles. The fourth-order valence-corrected chi connectivity index (χ4v) is 3.05. The number of halogens is 1. The van der Waals surface area contributed by atoms with Crippen LogP contribution in [0.4, 0.5) is 0 Å². The molecular weight excluding hydrogens is 374 g/mol. The summed E-state index contributed by atoms with van der Waals surface area (Å²) in [6.07, 6.45) is 2.35. The van der Waals surface area contributed by atoms with E-state index in [4.69, 9.17) is 21.4 Å². The van der Waals surface area contributed by atoms with Gasteiger partial charge in [-0.25, -0.2) is 4.68 Å². The van der Waals surface area contributed by atoms with E-state index >= 15 is 0 Å². The Hall–Kier alpha value is -2.63. The van der Waals surface area contributed by atoms with Crippen molar-refractivity contribution in [3.63, 3.8) is 0 Å². The smallest absolute Gasteiger partial charge is 0.224 e. The summed E-state index contributed by atoms with van der Waals surface area (Å²) in [4.78, 5) is 14.1. The number of benzene rings is 2. The maximum atomic E-state index is 12.4. The van der Waals surface area contributed by atoms with Gasteiger partial charge < -0.3 is 9.64 Å². The zero-order chi connectivity index (χ0) is 19.9. The molecule has 0 fully saturated rings. The lowest BCUT2D eigenvalue weighted by Gasteiger charge is -2.17. The lowest BCUT2D eigenvalue weighted by Crippen LogP contribution is -2.27. The Balaban J connectivity index is 1.88. The molecule has 1 heterocycles. The summed E-state index contributed by atoms with van der Waals surface area (Å²) in [6.45, 7) is 3.44. The van der Waals surface area contributed by atoms with Gasteiger partial charge in [-0.1, -0.05) is 41.9 Å². The lowest BCUT2D eigenvalue weighted by molar-refractivity contribution is -0.131. The number of aromatic nitrogens is 2. The monoisotopic (exact) mass is 397 g/mol. The van der Waals surface area contributed by atoms with E-state index in [2.05, 4.69) is 0 Å². The van der Waals surface area contributed by atoms with E-state index in [1.807, 2.05) is 72.4 Å². The third kappa shape index (κ3) is 5.00. The molecule has 1 aromatic heterocycles. The number of rotatable bonds is 8. The average Bonchev–Trinajstić information content (AvgIpc) is 3.13. The predicted molar refractivity (Wildman–Crippen MR) is 112 cm³/mol. The minimum Gasteiger partial charge on any atom is -0.381 e. The summed E-state index contributed by atoms with van der Waals surface area (Å²) in [5.41, 5.74) is 3.74. The second-order valence-corrected chi connectivity index (χ2v) is 6.92. The van der Waals surface area contributed by atoms with E-state index in [9.17, 15) is 4.79 Å². The van der Waals surface area contributed by atoms with Crippen LogP contribution in [-0.4, -0.2) is 40.8 Å². The molecule has 0 aliphatic rings. The summed E-state index contributed by atoms with van der Waals surface area (Å²) in [5.74, 6) is 0.0444. The second kappa shape index (κ2) is 9.53. The summed E-state index contributed by atoms with van der Waals surface area (Å²) in [7, 11) is 1.81. The fourth-order valence-electron chi connectivity index (χ4n) is 2.93.